The smallest absolute Gasteiger partial charge is 0.269 e. The first-order valence-electron chi connectivity index (χ1n) is 7.35. The predicted octanol–water partition coefficient (Wildman–Crippen LogP) is 3.00. The molecule has 0 atom stereocenters. The quantitative estimate of drug-likeness (QED) is 0.439. The van der Waals surface area contributed by atoms with Gasteiger partial charge in [0.1, 0.15) is 0 Å². The Kier molecular flexibility index (Phi) is 6.68. The molecule has 7 heteroatoms. The Morgan fingerprint density at radius 2 is 1.64 bits per heavy atom. The summed E-state index contributed by atoms with van der Waals surface area (Å²) in [5, 5.41) is 2.96. The summed E-state index contributed by atoms with van der Waals surface area (Å²) in [7, 11) is 0. The Hall–Kier alpha value is -2.70. The van der Waals surface area contributed by atoms with Gasteiger partial charge in [0.25, 0.3) is 5.91 Å². The number of carbonyl (C=O) groups is 2. The number of hydrogen-bond acceptors (Lipinski definition) is 3. The maximum absolute atomic E-state index is 11.9. The van der Waals surface area contributed by atoms with Crippen LogP contribution in [-0.2, 0) is 4.79 Å². The third kappa shape index (κ3) is 6.37. The Bertz CT molecular complexity index is 802. The van der Waals surface area contributed by atoms with Crippen LogP contribution in [0.15, 0.2) is 54.6 Å². The summed E-state index contributed by atoms with van der Waals surface area (Å²) in [5.74, 6) is -0.803. The molecule has 0 aliphatic rings. The molecule has 2 aromatic carbocycles. The molecule has 5 nitrogen and oxygen atoms in total. The van der Waals surface area contributed by atoms with Crippen molar-refractivity contribution in [3.63, 3.8) is 0 Å². The van der Waals surface area contributed by atoms with Gasteiger partial charge in [-0.25, -0.2) is 0 Å². The second kappa shape index (κ2) is 8.96. The molecular formula is C18H16ClN3O2S. The zero-order chi connectivity index (χ0) is 18.2. The van der Waals surface area contributed by atoms with Crippen molar-refractivity contribution in [3.05, 3.63) is 76.3 Å². The van der Waals surface area contributed by atoms with E-state index in [0.717, 1.165) is 11.1 Å². The van der Waals surface area contributed by atoms with E-state index in [2.05, 4.69) is 16.2 Å². The number of aryl methyl sites for hydroxylation is 1. The highest BCUT2D eigenvalue weighted by Crippen LogP contribution is 2.09. The lowest BCUT2D eigenvalue weighted by Gasteiger charge is -2.09. The van der Waals surface area contributed by atoms with Crippen LogP contribution >= 0.6 is 23.8 Å². The predicted molar refractivity (Wildman–Crippen MR) is 103 cm³/mol. The standard InChI is InChI=1S/C18H16ClN3O2S/c1-12-2-4-13(5-3-12)6-11-16(23)20-18(25)22-21-17(24)14-7-9-15(19)10-8-14/h2-11H,1H3,(H,21,24)(H2,20,22,23,25)/b11-6+. The normalized spacial score (nSPS) is 10.3. The molecule has 0 unspecified atom stereocenters. The zero-order valence-corrected chi connectivity index (χ0v) is 14.9. The number of hydrogen-bond donors (Lipinski definition) is 3. The van der Waals surface area contributed by atoms with Crippen LogP contribution < -0.4 is 16.2 Å². The van der Waals surface area contributed by atoms with Gasteiger partial charge >= 0.3 is 0 Å². The second-order valence-corrected chi connectivity index (χ2v) is 5.99. The molecule has 25 heavy (non-hydrogen) atoms. The Balaban J connectivity index is 1.79. The number of hydrazine groups is 1. The van der Waals surface area contributed by atoms with E-state index in [4.69, 9.17) is 23.8 Å². The van der Waals surface area contributed by atoms with E-state index in [1.807, 2.05) is 31.2 Å². The maximum atomic E-state index is 11.9. The lowest BCUT2D eigenvalue weighted by molar-refractivity contribution is -0.115. The molecule has 2 rings (SSSR count). The van der Waals surface area contributed by atoms with Crippen LogP contribution in [-0.4, -0.2) is 16.9 Å². The van der Waals surface area contributed by atoms with Crippen molar-refractivity contribution in [2.45, 2.75) is 6.92 Å². The van der Waals surface area contributed by atoms with Crippen molar-refractivity contribution in [1.29, 1.82) is 0 Å². The number of carbonyl (C=O) groups excluding carboxylic acids is 2. The van der Waals surface area contributed by atoms with E-state index < -0.39 is 11.8 Å². The van der Waals surface area contributed by atoms with Crippen molar-refractivity contribution in [1.82, 2.24) is 16.2 Å². The van der Waals surface area contributed by atoms with Crippen LogP contribution in [0.1, 0.15) is 21.5 Å². The molecule has 128 valence electrons. The topological polar surface area (TPSA) is 70.2 Å². The van der Waals surface area contributed by atoms with Crippen LogP contribution in [0.25, 0.3) is 6.08 Å². The van der Waals surface area contributed by atoms with E-state index in [1.54, 1.807) is 30.3 Å². The van der Waals surface area contributed by atoms with E-state index in [-0.39, 0.29) is 5.11 Å². The van der Waals surface area contributed by atoms with Crippen LogP contribution in [0.4, 0.5) is 0 Å². The van der Waals surface area contributed by atoms with E-state index >= 15 is 0 Å². The third-order valence-corrected chi connectivity index (χ3v) is 3.59. The van der Waals surface area contributed by atoms with Crippen molar-refractivity contribution < 1.29 is 9.59 Å². The fraction of sp³-hybridized carbons (Fsp3) is 0.0556. The number of benzene rings is 2. The highest BCUT2D eigenvalue weighted by molar-refractivity contribution is 7.80. The lowest BCUT2D eigenvalue weighted by atomic mass is 10.1. The summed E-state index contributed by atoms with van der Waals surface area (Å²) in [4.78, 5) is 23.7. The van der Waals surface area contributed by atoms with Gasteiger partial charge in [-0.15, -0.1) is 0 Å². The van der Waals surface area contributed by atoms with Crippen molar-refractivity contribution in [2.24, 2.45) is 0 Å². The zero-order valence-electron chi connectivity index (χ0n) is 13.4. The number of rotatable bonds is 3. The van der Waals surface area contributed by atoms with Crippen LogP contribution in [0.2, 0.25) is 5.02 Å². The highest BCUT2D eigenvalue weighted by Gasteiger charge is 2.06. The first-order valence-corrected chi connectivity index (χ1v) is 8.14. The molecule has 0 fully saturated rings. The van der Waals surface area contributed by atoms with Gasteiger partial charge in [-0.3, -0.25) is 25.8 Å². The molecule has 2 aromatic rings. The molecular weight excluding hydrogens is 358 g/mol. The van der Waals surface area contributed by atoms with Gasteiger partial charge < -0.3 is 0 Å². The molecule has 0 radical (unpaired) electrons. The monoisotopic (exact) mass is 373 g/mol. The van der Waals surface area contributed by atoms with E-state index in [0.29, 0.717) is 10.6 Å². The largest absolute Gasteiger partial charge is 0.298 e. The van der Waals surface area contributed by atoms with Gasteiger partial charge in [0, 0.05) is 16.7 Å². The van der Waals surface area contributed by atoms with Crippen LogP contribution in [0, 0.1) is 6.92 Å². The highest BCUT2D eigenvalue weighted by atomic mass is 35.5. The Morgan fingerprint density at radius 1 is 1.00 bits per heavy atom. The van der Waals surface area contributed by atoms with Gasteiger partial charge in [-0.2, -0.15) is 0 Å². The lowest BCUT2D eigenvalue weighted by Crippen LogP contribution is -2.48. The maximum Gasteiger partial charge on any atom is 0.269 e. The number of amides is 2. The molecule has 3 N–H and O–H groups in total. The van der Waals surface area contributed by atoms with Crippen molar-refractivity contribution in [2.75, 3.05) is 0 Å². The molecule has 0 bridgehead atoms. The van der Waals surface area contributed by atoms with Gasteiger partial charge in [-0.1, -0.05) is 41.4 Å². The van der Waals surface area contributed by atoms with E-state index in [1.165, 1.54) is 6.08 Å². The fourth-order valence-electron chi connectivity index (χ4n) is 1.82. The minimum Gasteiger partial charge on any atom is -0.298 e. The number of thiocarbonyl (C=S) groups is 1. The summed E-state index contributed by atoms with van der Waals surface area (Å²) in [5.41, 5.74) is 7.31. The van der Waals surface area contributed by atoms with E-state index in [9.17, 15) is 9.59 Å². The first kappa shape index (κ1) is 18.6. The molecule has 0 aliphatic carbocycles. The number of nitrogens with one attached hydrogen (secondary N) is 3. The van der Waals surface area contributed by atoms with Gasteiger partial charge in [0.2, 0.25) is 5.91 Å². The average molecular weight is 374 g/mol. The number of halogens is 1. The summed E-state index contributed by atoms with van der Waals surface area (Å²) in [6.45, 7) is 1.99. The SMILES string of the molecule is Cc1ccc(/C=C/C(=O)NC(=S)NNC(=O)c2ccc(Cl)cc2)cc1. The molecule has 0 saturated heterocycles. The Labute approximate surface area is 156 Å². The minimum atomic E-state index is -0.404. The first-order chi connectivity index (χ1) is 11.9. The third-order valence-electron chi connectivity index (χ3n) is 3.14. The summed E-state index contributed by atoms with van der Waals surface area (Å²) >= 11 is 10.7. The van der Waals surface area contributed by atoms with Gasteiger partial charge in [0.15, 0.2) is 5.11 Å². The molecule has 0 aliphatic heterocycles. The molecule has 0 heterocycles. The van der Waals surface area contributed by atoms with Gasteiger partial charge in [-0.05, 0) is 55.0 Å². The summed E-state index contributed by atoms with van der Waals surface area (Å²) < 4.78 is 0. The van der Waals surface area contributed by atoms with Crippen LogP contribution in [0.3, 0.4) is 0 Å². The average Bonchev–Trinajstić information content (AvgIpc) is 2.60. The van der Waals surface area contributed by atoms with Crippen LogP contribution in [0.5, 0.6) is 0 Å². The summed E-state index contributed by atoms with van der Waals surface area (Å²) in [6.07, 6.45) is 3.03. The Morgan fingerprint density at radius 3 is 2.28 bits per heavy atom. The van der Waals surface area contributed by atoms with Gasteiger partial charge in [0.05, 0.1) is 0 Å². The molecule has 2 amide bonds. The van der Waals surface area contributed by atoms with Crippen molar-refractivity contribution in [3.8, 4) is 0 Å². The summed E-state index contributed by atoms with van der Waals surface area (Å²) in [6, 6.07) is 14.1. The second-order valence-electron chi connectivity index (χ2n) is 5.15. The van der Waals surface area contributed by atoms with Crippen molar-refractivity contribution >= 4 is 46.8 Å². The molecule has 0 saturated carbocycles. The minimum absolute atomic E-state index is 0.0131. The fourth-order valence-corrected chi connectivity index (χ4v) is 2.10. The molecule has 0 spiro atoms. The molecule has 0 aromatic heterocycles.